The van der Waals surface area contributed by atoms with Gasteiger partial charge in [0, 0.05) is 18.5 Å². The van der Waals surface area contributed by atoms with E-state index >= 15 is 0 Å². The first-order valence-corrected chi connectivity index (χ1v) is 7.16. The fourth-order valence-electron chi connectivity index (χ4n) is 3.44. The van der Waals surface area contributed by atoms with Gasteiger partial charge in [-0.1, -0.05) is 13.8 Å². The third-order valence-corrected chi connectivity index (χ3v) is 4.98. The van der Waals surface area contributed by atoms with E-state index in [-0.39, 0.29) is 0 Å². The number of piperidine rings is 1. The highest BCUT2D eigenvalue weighted by Gasteiger charge is 2.32. The van der Waals surface area contributed by atoms with Crippen molar-refractivity contribution in [3.63, 3.8) is 0 Å². The van der Waals surface area contributed by atoms with Crippen LogP contribution in [0.5, 0.6) is 0 Å². The quantitative estimate of drug-likeness (QED) is 0.572. The molecule has 98 valence electrons. The van der Waals surface area contributed by atoms with Crippen LogP contribution in [0.3, 0.4) is 0 Å². The van der Waals surface area contributed by atoms with Crippen LogP contribution in [0.2, 0.25) is 0 Å². The van der Waals surface area contributed by atoms with Crippen LogP contribution in [0.1, 0.15) is 46.0 Å². The lowest BCUT2D eigenvalue weighted by molar-refractivity contribution is 0.0815. The van der Waals surface area contributed by atoms with Gasteiger partial charge in [0.15, 0.2) is 0 Å². The van der Waals surface area contributed by atoms with Crippen LogP contribution in [0.15, 0.2) is 0 Å². The van der Waals surface area contributed by atoms with Gasteiger partial charge in [0.05, 0.1) is 5.84 Å². The third kappa shape index (κ3) is 3.01. The second-order valence-electron chi connectivity index (χ2n) is 6.21. The molecule has 1 aliphatic carbocycles. The topological polar surface area (TPSA) is 53.1 Å². The monoisotopic (exact) mass is 237 g/mol. The molecule has 1 saturated carbocycles. The van der Waals surface area contributed by atoms with Gasteiger partial charge >= 0.3 is 0 Å². The smallest absolute Gasteiger partial charge is 0.0949 e. The van der Waals surface area contributed by atoms with Gasteiger partial charge in [0.2, 0.25) is 0 Å². The summed E-state index contributed by atoms with van der Waals surface area (Å²) in [7, 11) is 0. The summed E-state index contributed by atoms with van der Waals surface area (Å²) in [5.41, 5.74) is 5.66. The van der Waals surface area contributed by atoms with Crippen LogP contribution >= 0.6 is 0 Å². The molecular formula is C14H27N3. The first kappa shape index (κ1) is 12.9. The van der Waals surface area contributed by atoms with Crippen molar-refractivity contribution < 1.29 is 0 Å². The van der Waals surface area contributed by atoms with Gasteiger partial charge in [-0.25, -0.2) is 0 Å². The Bertz CT molecular complexity index is 277. The molecule has 3 nitrogen and oxygen atoms in total. The number of nitrogens with one attached hydrogen (secondary N) is 1. The first-order chi connectivity index (χ1) is 8.08. The highest BCUT2D eigenvalue weighted by Crippen LogP contribution is 2.33. The second-order valence-corrected chi connectivity index (χ2v) is 6.21. The molecule has 17 heavy (non-hydrogen) atoms. The highest BCUT2D eigenvalue weighted by atomic mass is 15.2. The molecule has 4 unspecified atom stereocenters. The number of rotatable bonds is 2. The zero-order valence-electron chi connectivity index (χ0n) is 11.3. The predicted molar refractivity (Wildman–Crippen MR) is 72.2 cm³/mol. The van der Waals surface area contributed by atoms with E-state index in [0.29, 0.717) is 11.8 Å². The lowest BCUT2D eigenvalue weighted by atomic mass is 9.78. The summed E-state index contributed by atoms with van der Waals surface area (Å²) < 4.78 is 0. The maximum atomic E-state index is 7.62. The third-order valence-electron chi connectivity index (χ3n) is 4.98. The van der Waals surface area contributed by atoms with E-state index in [0.717, 1.165) is 30.8 Å². The van der Waals surface area contributed by atoms with Crippen LogP contribution in [0, 0.1) is 23.2 Å². The van der Waals surface area contributed by atoms with E-state index in [1.54, 1.807) is 0 Å². The van der Waals surface area contributed by atoms with E-state index < -0.39 is 0 Å². The molecule has 0 aromatic carbocycles. The van der Waals surface area contributed by atoms with Crippen molar-refractivity contribution in [2.75, 3.05) is 13.1 Å². The van der Waals surface area contributed by atoms with Crippen molar-refractivity contribution in [2.45, 2.75) is 52.0 Å². The summed E-state index contributed by atoms with van der Waals surface area (Å²) in [5.74, 6) is 2.46. The van der Waals surface area contributed by atoms with E-state index in [1.807, 2.05) is 0 Å². The lowest BCUT2D eigenvalue weighted by Gasteiger charge is -2.42. The van der Waals surface area contributed by atoms with Gasteiger partial charge in [-0.15, -0.1) is 0 Å². The Labute approximate surface area is 105 Å². The first-order valence-electron chi connectivity index (χ1n) is 7.16. The molecule has 2 rings (SSSR count). The van der Waals surface area contributed by atoms with Gasteiger partial charge in [-0.05, 0) is 50.5 Å². The number of hydrogen-bond donors (Lipinski definition) is 2. The number of hydrogen-bond acceptors (Lipinski definition) is 2. The molecule has 0 aromatic heterocycles. The average Bonchev–Trinajstić information content (AvgIpc) is 2.33. The molecular weight excluding hydrogens is 210 g/mol. The van der Waals surface area contributed by atoms with E-state index in [9.17, 15) is 0 Å². The summed E-state index contributed by atoms with van der Waals surface area (Å²) in [6.45, 7) is 7.02. The van der Waals surface area contributed by atoms with Gasteiger partial charge < -0.3 is 5.73 Å². The van der Waals surface area contributed by atoms with Crippen LogP contribution in [-0.2, 0) is 0 Å². The summed E-state index contributed by atoms with van der Waals surface area (Å²) in [5, 5.41) is 7.62. The van der Waals surface area contributed by atoms with Gasteiger partial charge in [-0.3, -0.25) is 10.3 Å². The fourth-order valence-corrected chi connectivity index (χ4v) is 3.44. The van der Waals surface area contributed by atoms with Gasteiger partial charge in [0.1, 0.15) is 0 Å². The Morgan fingerprint density at radius 2 is 1.94 bits per heavy atom. The molecule has 3 N–H and O–H groups in total. The summed E-state index contributed by atoms with van der Waals surface area (Å²) in [6, 6.07) is 0.753. The van der Waals surface area contributed by atoms with Crippen LogP contribution in [0.25, 0.3) is 0 Å². The zero-order chi connectivity index (χ0) is 12.4. The van der Waals surface area contributed by atoms with Crippen molar-refractivity contribution in [3.05, 3.63) is 0 Å². The zero-order valence-corrected chi connectivity index (χ0v) is 11.3. The molecule has 3 heteroatoms. The van der Waals surface area contributed by atoms with Crippen LogP contribution < -0.4 is 5.73 Å². The molecule has 2 fully saturated rings. The van der Waals surface area contributed by atoms with Crippen molar-refractivity contribution >= 4 is 5.84 Å². The average molecular weight is 237 g/mol. The number of nitrogens with zero attached hydrogens (tertiary/aromatic N) is 1. The minimum atomic E-state index is 0.318. The van der Waals surface area contributed by atoms with Crippen LogP contribution in [0.4, 0.5) is 0 Å². The molecule has 0 spiro atoms. The fraction of sp³-hybridized carbons (Fsp3) is 0.929. The molecule has 1 aliphatic heterocycles. The molecule has 1 heterocycles. The Morgan fingerprint density at radius 3 is 2.59 bits per heavy atom. The van der Waals surface area contributed by atoms with E-state index in [4.69, 9.17) is 11.1 Å². The Balaban J connectivity index is 1.91. The molecule has 2 aliphatic rings. The maximum Gasteiger partial charge on any atom is 0.0949 e. The minimum absolute atomic E-state index is 0.318. The minimum Gasteiger partial charge on any atom is -0.387 e. The summed E-state index contributed by atoms with van der Waals surface area (Å²) in [6.07, 6.45) is 6.38. The van der Waals surface area contributed by atoms with E-state index in [1.165, 1.54) is 32.2 Å². The molecule has 4 atom stereocenters. The summed E-state index contributed by atoms with van der Waals surface area (Å²) in [4.78, 5) is 2.61. The second kappa shape index (κ2) is 5.38. The largest absolute Gasteiger partial charge is 0.387 e. The van der Waals surface area contributed by atoms with Crippen molar-refractivity contribution in [1.29, 1.82) is 5.41 Å². The van der Waals surface area contributed by atoms with Crippen molar-refractivity contribution in [2.24, 2.45) is 23.5 Å². The normalized spacial score (nSPS) is 40.1. The highest BCUT2D eigenvalue weighted by molar-refractivity contribution is 5.79. The Morgan fingerprint density at radius 1 is 1.18 bits per heavy atom. The number of likely N-dealkylation sites (tertiary alicyclic amines) is 1. The van der Waals surface area contributed by atoms with E-state index in [2.05, 4.69) is 18.7 Å². The maximum absolute atomic E-state index is 7.62. The number of nitrogens with two attached hydrogens (primary N) is 1. The van der Waals surface area contributed by atoms with Gasteiger partial charge in [-0.2, -0.15) is 0 Å². The lowest BCUT2D eigenvalue weighted by Crippen LogP contribution is -2.48. The van der Waals surface area contributed by atoms with Crippen LogP contribution in [-0.4, -0.2) is 29.9 Å². The Kier molecular flexibility index (Phi) is 4.08. The molecule has 0 amide bonds. The standard InChI is InChI=1S/C14H27N3/c1-10-5-6-13(8-11(10)2)17-7-3-4-12(9-17)14(15)16/h10-13H,3-9H2,1-2H3,(H3,15,16). The SMILES string of the molecule is CC1CCC(N2CCCC(C(=N)N)C2)CC1C. The number of amidine groups is 1. The molecule has 1 saturated heterocycles. The van der Waals surface area contributed by atoms with Gasteiger partial charge in [0.25, 0.3) is 0 Å². The summed E-state index contributed by atoms with van der Waals surface area (Å²) >= 11 is 0. The predicted octanol–water partition coefficient (Wildman–Crippen LogP) is 2.46. The molecule has 0 radical (unpaired) electrons. The van der Waals surface area contributed by atoms with Crippen molar-refractivity contribution in [1.82, 2.24) is 4.90 Å². The molecule has 0 aromatic rings. The molecule has 0 bridgehead atoms. The Hall–Kier alpha value is -0.570. The van der Waals surface area contributed by atoms with Crippen molar-refractivity contribution in [3.8, 4) is 0 Å².